The average Bonchev–Trinajstić information content (AvgIpc) is 2.84. The summed E-state index contributed by atoms with van der Waals surface area (Å²) in [6.07, 6.45) is -0.250. The van der Waals surface area contributed by atoms with Crippen LogP contribution in [0.25, 0.3) is 0 Å². The van der Waals surface area contributed by atoms with E-state index >= 15 is 0 Å². The van der Waals surface area contributed by atoms with Crippen LogP contribution in [0.3, 0.4) is 0 Å². The summed E-state index contributed by atoms with van der Waals surface area (Å²) in [6, 6.07) is 3.90. The number of nitrogens with zero attached hydrogens (tertiary/aromatic N) is 1. The number of carbonyl (C=O) groups is 1. The Morgan fingerprint density at radius 2 is 2.20 bits per heavy atom. The van der Waals surface area contributed by atoms with E-state index < -0.39 is 22.1 Å². The average molecular weight is 300 g/mol. The molecule has 1 atom stereocenters. The van der Waals surface area contributed by atoms with Crippen molar-refractivity contribution in [1.29, 1.82) is 0 Å². The molecular weight excluding hydrogens is 284 g/mol. The SMILES string of the molecule is COC(=O)c1ccc(S(=O)(=O)N2CC[C@H](O)C2)c(N)c1. The molecule has 7 nitrogen and oxygen atoms in total. The molecular formula is C12H16N2O5S. The summed E-state index contributed by atoms with van der Waals surface area (Å²) in [5.41, 5.74) is 5.89. The van der Waals surface area contributed by atoms with E-state index in [9.17, 15) is 18.3 Å². The molecule has 1 aliphatic rings. The van der Waals surface area contributed by atoms with E-state index in [2.05, 4.69) is 4.74 Å². The molecule has 1 heterocycles. The van der Waals surface area contributed by atoms with Gasteiger partial charge in [-0.25, -0.2) is 13.2 Å². The van der Waals surface area contributed by atoms with Crippen molar-refractivity contribution in [2.75, 3.05) is 25.9 Å². The predicted octanol–water partition coefficient (Wildman–Crippen LogP) is -0.189. The molecule has 0 aliphatic carbocycles. The van der Waals surface area contributed by atoms with E-state index in [4.69, 9.17) is 5.73 Å². The third-order valence-corrected chi connectivity index (χ3v) is 5.11. The lowest BCUT2D eigenvalue weighted by Gasteiger charge is -2.17. The van der Waals surface area contributed by atoms with Gasteiger partial charge in [0.25, 0.3) is 0 Å². The fourth-order valence-corrected chi connectivity index (χ4v) is 3.69. The lowest BCUT2D eigenvalue weighted by molar-refractivity contribution is 0.0600. The van der Waals surface area contributed by atoms with Gasteiger partial charge in [-0.2, -0.15) is 4.31 Å². The van der Waals surface area contributed by atoms with Gasteiger partial charge in [-0.05, 0) is 24.6 Å². The van der Waals surface area contributed by atoms with Crippen molar-refractivity contribution in [2.24, 2.45) is 0 Å². The summed E-state index contributed by atoms with van der Waals surface area (Å²) in [4.78, 5) is 11.3. The first-order valence-electron chi connectivity index (χ1n) is 6.02. The molecule has 0 aromatic heterocycles. The van der Waals surface area contributed by atoms with Gasteiger partial charge in [0.05, 0.1) is 24.5 Å². The van der Waals surface area contributed by atoms with Crippen LogP contribution in [-0.4, -0.2) is 50.1 Å². The fourth-order valence-electron chi connectivity index (χ4n) is 2.10. The van der Waals surface area contributed by atoms with Crippen molar-refractivity contribution in [2.45, 2.75) is 17.4 Å². The van der Waals surface area contributed by atoms with Gasteiger partial charge in [-0.15, -0.1) is 0 Å². The second-order valence-corrected chi connectivity index (χ2v) is 6.46. The number of sulfonamides is 1. The summed E-state index contributed by atoms with van der Waals surface area (Å²) in [5, 5.41) is 9.43. The number of nitrogens with two attached hydrogens (primary N) is 1. The third-order valence-electron chi connectivity index (χ3n) is 3.17. The Bertz CT molecular complexity index is 629. The molecule has 1 saturated heterocycles. The quantitative estimate of drug-likeness (QED) is 0.591. The van der Waals surface area contributed by atoms with Gasteiger partial charge in [0.15, 0.2) is 0 Å². The highest BCUT2D eigenvalue weighted by molar-refractivity contribution is 7.89. The Morgan fingerprint density at radius 1 is 1.50 bits per heavy atom. The van der Waals surface area contributed by atoms with Crippen molar-refractivity contribution in [3.63, 3.8) is 0 Å². The number of carbonyl (C=O) groups excluding carboxylic acids is 1. The van der Waals surface area contributed by atoms with Crippen molar-refractivity contribution in [1.82, 2.24) is 4.31 Å². The van der Waals surface area contributed by atoms with Crippen LogP contribution in [0.5, 0.6) is 0 Å². The highest BCUT2D eigenvalue weighted by atomic mass is 32.2. The van der Waals surface area contributed by atoms with Crippen molar-refractivity contribution in [3.8, 4) is 0 Å². The highest BCUT2D eigenvalue weighted by Gasteiger charge is 2.32. The largest absolute Gasteiger partial charge is 0.465 e. The number of benzene rings is 1. The van der Waals surface area contributed by atoms with Crippen LogP contribution in [0.15, 0.2) is 23.1 Å². The van der Waals surface area contributed by atoms with E-state index in [-0.39, 0.29) is 29.2 Å². The zero-order chi connectivity index (χ0) is 14.9. The van der Waals surface area contributed by atoms with Crippen LogP contribution < -0.4 is 5.73 Å². The maximum Gasteiger partial charge on any atom is 0.337 e. The molecule has 1 aromatic carbocycles. The number of rotatable bonds is 3. The Kier molecular flexibility index (Phi) is 3.98. The zero-order valence-corrected chi connectivity index (χ0v) is 11.8. The number of anilines is 1. The predicted molar refractivity (Wildman–Crippen MR) is 71.6 cm³/mol. The van der Waals surface area contributed by atoms with E-state index in [0.717, 1.165) is 0 Å². The molecule has 8 heteroatoms. The molecule has 0 bridgehead atoms. The Hall–Kier alpha value is -1.64. The van der Waals surface area contributed by atoms with Crippen molar-refractivity contribution in [3.05, 3.63) is 23.8 Å². The van der Waals surface area contributed by atoms with Gasteiger partial charge in [0.1, 0.15) is 4.90 Å². The molecule has 0 spiro atoms. The van der Waals surface area contributed by atoms with Crippen LogP contribution in [0.1, 0.15) is 16.8 Å². The van der Waals surface area contributed by atoms with Gasteiger partial charge in [-0.1, -0.05) is 0 Å². The number of hydrogen-bond acceptors (Lipinski definition) is 6. The molecule has 0 saturated carbocycles. The molecule has 1 fully saturated rings. The molecule has 0 amide bonds. The van der Waals surface area contributed by atoms with Crippen LogP contribution in [0.2, 0.25) is 0 Å². The van der Waals surface area contributed by atoms with Crippen LogP contribution in [0, 0.1) is 0 Å². The maximum atomic E-state index is 12.4. The zero-order valence-electron chi connectivity index (χ0n) is 10.9. The molecule has 110 valence electrons. The minimum atomic E-state index is -3.76. The van der Waals surface area contributed by atoms with Crippen LogP contribution in [0.4, 0.5) is 5.69 Å². The number of nitrogen functional groups attached to an aromatic ring is 1. The fraction of sp³-hybridized carbons (Fsp3) is 0.417. The van der Waals surface area contributed by atoms with E-state index in [0.29, 0.717) is 6.42 Å². The van der Waals surface area contributed by atoms with Gasteiger partial charge in [0.2, 0.25) is 10.0 Å². The minimum Gasteiger partial charge on any atom is -0.465 e. The lowest BCUT2D eigenvalue weighted by Crippen LogP contribution is -2.30. The summed E-state index contributed by atoms with van der Waals surface area (Å²) in [6.45, 7) is 0.308. The first kappa shape index (κ1) is 14.8. The number of aliphatic hydroxyl groups is 1. The molecule has 1 aromatic rings. The number of β-amino-alcohol motifs (C(OH)–C–C–N with tert-alkyl or cyclic N) is 1. The number of esters is 1. The molecule has 1 aliphatic heterocycles. The van der Waals surface area contributed by atoms with E-state index in [1.54, 1.807) is 0 Å². The van der Waals surface area contributed by atoms with Gasteiger partial charge in [0, 0.05) is 13.1 Å². The second-order valence-electron chi connectivity index (χ2n) is 4.55. The van der Waals surface area contributed by atoms with Crippen molar-refractivity contribution >= 4 is 21.7 Å². The van der Waals surface area contributed by atoms with Gasteiger partial charge < -0.3 is 15.6 Å². The standard InChI is InChI=1S/C12H16N2O5S/c1-19-12(16)8-2-3-11(10(13)6-8)20(17,18)14-5-4-9(15)7-14/h2-3,6,9,15H,4-5,7,13H2,1H3/t9-/m0/s1. The summed E-state index contributed by atoms with van der Waals surface area (Å²) in [5.74, 6) is -0.586. The number of methoxy groups -OCH3 is 1. The Labute approximate surface area is 117 Å². The summed E-state index contributed by atoms with van der Waals surface area (Å²) in [7, 11) is -2.52. The van der Waals surface area contributed by atoms with Crippen LogP contribution >= 0.6 is 0 Å². The van der Waals surface area contributed by atoms with Crippen molar-refractivity contribution < 1.29 is 23.1 Å². The topological polar surface area (TPSA) is 110 Å². The Balaban J connectivity index is 2.35. The minimum absolute atomic E-state index is 0.0192. The third kappa shape index (κ3) is 2.62. The van der Waals surface area contributed by atoms with Gasteiger partial charge >= 0.3 is 5.97 Å². The van der Waals surface area contributed by atoms with E-state index in [1.165, 1.54) is 29.6 Å². The monoisotopic (exact) mass is 300 g/mol. The van der Waals surface area contributed by atoms with Gasteiger partial charge in [-0.3, -0.25) is 0 Å². The van der Waals surface area contributed by atoms with E-state index in [1.807, 2.05) is 0 Å². The molecule has 3 N–H and O–H groups in total. The lowest BCUT2D eigenvalue weighted by atomic mass is 10.2. The number of aliphatic hydroxyl groups excluding tert-OH is 1. The maximum absolute atomic E-state index is 12.4. The summed E-state index contributed by atoms with van der Waals surface area (Å²) >= 11 is 0. The second kappa shape index (κ2) is 5.39. The molecule has 0 unspecified atom stereocenters. The molecule has 2 rings (SSSR count). The normalized spacial score (nSPS) is 20.0. The number of hydrogen-bond donors (Lipinski definition) is 2. The Morgan fingerprint density at radius 3 is 2.70 bits per heavy atom. The summed E-state index contributed by atoms with van der Waals surface area (Å²) < 4.78 is 30.5. The molecule has 0 radical (unpaired) electrons. The smallest absolute Gasteiger partial charge is 0.337 e. The molecule has 20 heavy (non-hydrogen) atoms. The number of ether oxygens (including phenoxy) is 1. The first-order chi connectivity index (χ1) is 9.36. The van der Waals surface area contributed by atoms with Crippen LogP contribution in [-0.2, 0) is 14.8 Å². The first-order valence-corrected chi connectivity index (χ1v) is 7.46. The highest BCUT2D eigenvalue weighted by Crippen LogP contribution is 2.26.